The Kier molecular flexibility index (Phi) is 2.07. The van der Waals surface area contributed by atoms with Crippen LogP contribution in [0.25, 0.3) is 0 Å². The molecule has 0 bridgehead atoms. The number of imide groups is 1. The zero-order valence-corrected chi connectivity index (χ0v) is 7.93. The molecule has 15 heavy (non-hydrogen) atoms. The van der Waals surface area contributed by atoms with E-state index in [9.17, 15) is 9.59 Å². The lowest BCUT2D eigenvalue weighted by molar-refractivity contribution is -0.121. The van der Waals surface area contributed by atoms with Crippen molar-refractivity contribution in [3.05, 3.63) is 18.2 Å². The topological polar surface area (TPSA) is 83.6 Å². The molecule has 1 saturated heterocycles. The highest BCUT2D eigenvalue weighted by atomic mass is 16.3. The van der Waals surface area contributed by atoms with Crippen LogP contribution in [0.15, 0.2) is 18.2 Å². The summed E-state index contributed by atoms with van der Waals surface area (Å²) < 4.78 is 0. The summed E-state index contributed by atoms with van der Waals surface area (Å²) in [5, 5.41) is 9.14. The molecule has 0 radical (unpaired) electrons. The first kappa shape index (κ1) is 9.51. The van der Waals surface area contributed by atoms with Gasteiger partial charge in [-0.15, -0.1) is 0 Å². The molecule has 1 fully saturated rings. The number of benzene rings is 1. The zero-order valence-electron chi connectivity index (χ0n) is 7.93. The van der Waals surface area contributed by atoms with Crippen LogP contribution in [0.3, 0.4) is 0 Å². The van der Waals surface area contributed by atoms with Crippen LogP contribution in [0.1, 0.15) is 12.8 Å². The molecule has 5 nitrogen and oxygen atoms in total. The van der Waals surface area contributed by atoms with Crippen molar-refractivity contribution in [2.75, 3.05) is 10.6 Å². The Morgan fingerprint density at radius 3 is 2.33 bits per heavy atom. The van der Waals surface area contributed by atoms with Crippen molar-refractivity contribution >= 4 is 23.2 Å². The molecule has 1 aromatic carbocycles. The quantitative estimate of drug-likeness (QED) is 0.521. The number of carbonyl (C=O) groups is 2. The molecule has 0 atom stereocenters. The molecule has 5 heteroatoms. The molecular weight excluding hydrogens is 196 g/mol. The number of rotatable bonds is 1. The van der Waals surface area contributed by atoms with E-state index in [-0.39, 0.29) is 36.1 Å². The smallest absolute Gasteiger partial charge is 0.234 e. The van der Waals surface area contributed by atoms with Gasteiger partial charge in [0.05, 0.1) is 11.4 Å². The highest BCUT2D eigenvalue weighted by Gasteiger charge is 2.31. The number of phenols is 1. The highest BCUT2D eigenvalue weighted by molar-refractivity contribution is 6.21. The molecule has 0 unspecified atom stereocenters. The van der Waals surface area contributed by atoms with Gasteiger partial charge in [0.25, 0.3) is 0 Å². The maximum Gasteiger partial charge on any atom is 0.234 e. The molecule has 0 saturated carbocycles. The average molecular weight is 206 g/mol. The van der Waals surface area contributed by atoms with Crippen LogP contribution in [0.4, 0.5) is 11.4 Å². The first-order chi connectivity index (χ1) is 7.09. The van der Waals surface area contributed by atoms with Gasteiger partial charge in [0.2, 0.25) is 11.8 Å². The molecule has 78 valence electrons. The number of nitrogens with zero attached hydrogens (tertiary/aromatic N) is 1. The van der Waals surface area contributed by atoms with Gasteiger partial charge < -0.3 is 10.8 Å². The number of carbonyl (C=O) groups excluding carboxylic acids is 2. The molecule has 3 N–H and O–H groups in total. The summed E-state index contributed by atoms with van der Waals surface area (Å²) in [4.78, 5) is 23.9. The van der Waals surface area contributed by atoms with Crippen LogP contribution in [-0.2, 0) is 9.59 Å². The molecule has 0 aliphatic carbocycles. The van der Waals surface area contributed by atoms with E-state index < -0.39 is 0 Å². The highest BCUT2D eigenvalue weighted by Crippen LogP contribution is 2.30. The van der Waals surface area contributed by atoms with Gasteiger partial charge in [-0.05, 0) is 12.1 Å². The number of aromatic hydroxyl groups is 1. The third kappa shape index (κ3) is 1.52. The summed E-state index contributed by atoms with van der Waals surface area (Å²) in [6, 6.07) is 4.17. The van der Waals surface area contributed by atoms with Crippen LogP contribution >= 0.6 is 0 Å². The summed E-state index contributed by atoms with van der Waals surface area (Å²) >= 11 is 0. The third-order valence-corrected chi connectivity index (χ3v) is 2.30. The first-order valence-corrected chi connectivity index (χ1v) is 4.54. The van der Waals surface area contributed by atoms with E-state index in [1.54, 1.807) is 0 Å². The van der Waals surface area contributed by atoms with Crippen LogP contribution in [0.5, 0.6) is 5.75 Å². The summed E-state index contributed by atoms with van der Waals surface area (Å²) in [7, 11) is 0. The fraction of sp³-hybridized carbons (Fsp3) is 0.200. The minimum Gasteiger partial charge on any atom is -0.508 e. The van der Waals surface area contributed by atoms with Gasteiger partial charge in [0.15, 0.2) is 0 Å². The van der Waals surface area contributed by atoms with Crippen molar-refractivity contribution in [3.8, 4) is 5.75 Å². The van der Waals surface area contributed by atoms with Gasteiger partial charge in [0, 0.05) is 18.9 Å². The van der Waals surface area contributed by atoms with E-state index in [0.717, 1.165) is 4.90 Å². The van der Waals surface area contributed by atoms with E-state index in [1.807, 2.05) is 0 Å². The molecule has 1 aromatic rings. The summed E-state index contributed by atoms with van der Waals surface area (Å²) in [6.07, 6.45) is 0.443. The lowest BCUT2D eigenvalue weighted by Gasteiger charge is -2.15. The summed E-state index contributed by atoms with van der Waals surface area (Å²) in [5.74, 6) is -0.495. The maximum absolute atomic E-state index is 11.4. The van der Waals surface area contributed by atoms with Gasteiger partial charge in [-0.1, -0.05) is 0 Å². The van der Waals surface area contributed by atoms with Gasteiger partial charge in [-0.3, -0.25) is 9.59 Å². The van der Waals surface area contributed by atoms with Crippen molar-refractivity contribution in [2.24, 2.45) is 0 Å². The number of nitrogens with two attached hydrogens (primary N) is 1. The van der Waals surface area contributed by atoms with Crippen LogP contribution in [0, 0.1) is 0 Å². The second-order valence-electron chi connectivity index (χ2n) is 3.37. The fourth-order valence-corrected chi connectivity index (χ4v) is 1.59. The molecule has 1 aliphatic rings. The fourth-order valence-electron chi connectivity index (χ4n) is 1.59. The number of hydrogen-bond acceptors (Lipinski definition) is 4. The maximum atomic E-state index is 11.4. The normalized spacial score (nSPS) is 16.1. The van der Waals surface area contributed by atoms with E-state index in [2.05, 4.69) is 0 Å². The number of amides is 2. The molecule has 0 aromatic heterocycles. The second kappa shape index (κ2) is 3.27. The monoisotopic (exact) mass is 206 g/mol. The van der Waals surface area contributed by atoms with E-state index in [1.165, 1.54) is 18.2 Å². The molecular formula is C10H10N2O3. The summed E-state index contributed by atoms with van der Waals surface area (Å²) in [5.41, 5.74) is 6.19. The molecule has 1 heterocycles. The van der Waals surface area contributed by atoms with Crippen molar-refractivity contribution in [1.29, 1.82) is 0 Å². The zero-order chi connectivity index (χ0) is 11.0. The van der Waals surface area contributed by atoms with Gasteiger partial charge in [-0.25, -0.2) is 4.90 Å². The Labute approximate surface area is 86.1 Å². The van der Waals surface area contributed by atoms with Crippen LogP contribution in [0.2, 0.25) is 0 Å². The SMILES string of the molecule is Nc1cc(O)ccc1N1C(=O)CCC1=O. The van der Waals surface area contributed by atoms with Crippen LogP contribution in [-0.4, -0.2) is 16.9 Å². The Morgan fingerprint density at radius 2 is 1.80 bits per heavy atom. The largest absolute Gasteiger partial charge is 0.508 e. The van der Waals surface area contributed by atoms with Crippen molar-refractivity contribution in [2.45, 2.75) is 12.8 Å². The molecule has 0 spiro atoms. The van der Waals surface area contributed by atoms with Crippen molar-refractivity contribution < 1.29 is 14.7 Å². The minimum atomic E-state index is -0.252. The standard InChI is InChI=1S/C10H10N2O3/c11-7-5-6(13)1-2-8(7)12-9(14)3-4-10(12)15/h1-2,5,13H,3-4,11H2. The average Bonchev–Trinajstić information content (AvgIpc) is 2.48. The minimum absolute atomic E-state index is 0.00958. The second-order valence-corrected chi connectivity index (χ2v) is 3.37. The predicted molar refractivity (Wildman–Crippen MR) is 54.2 cm³/mol. The van der Waals surface area contributed by atoms with E-state index in [0.29, 0.717) is 5.69 Å². The number of hydrogen-bond donors (Lipinski definition) is 2. The Balaban J connectivity index is 2.45. The first-order valence-electron chi connectivity index (χ1n) is 4.54. The van der Waals surface area contributed by atoms with Gasteiger partial charge in [-0.2, -0.15) is 0 Å². The lowest BCUT2D eigenvalue weighted by atomic mass is 10.2. The number of nitrogen functional groups attached to an aromatic ring is 1. The predicted octanol–water partition coefficient (Wildman–Crippen LogP) is 0.628. The van der Waals surface area contributed by atoms with Crippen LogP contribution < -0.4 is 10.6 Å². The number of phenolic OH excluding ortho intramolecular Hbond substituents is 1. The van der Waals surface area contributed by atoms with E-state index in [4.69, 9.17) is 10.8 Å². The molecule has 2 amide bonds. The molecule has 2 rings (SSSR count). The van der Waals surface area contributed by atoms with Gasteiger partial charge in [0.1, 0.15) is 5.75 Å². The lowest BCUT2D eigenvalue weighted by Crippen LogP contribution is -2.29. The Bertz CT molecular complexity index is 426. The van der Waals surface area contributed by atoms with E-state index >= 15 is 0 Å². The Morgan fingerprint density at radius 1 is 1.20 bits per heavy atom. The van der Waals surface area contributed by atoms with Gasteiger partial charge >= 0.3 is 0 Å². The third-order valence-electron chi connectivity index (χ3n) is 2.30. The van der Waals surface area contributed by atoms with Crippen molar-refractivity contribution in [1.82, 2.24) is 0 Å². The Hall–Kier alpha value is -2.04. The molecule has 1 aliphatic heterocycles. The number of anilines is 2. The van der Waals surface area contributed by atoms with Crippen molar-refractivity contribution in [3.63, 3.8) is 0 Å². The summed E-state index contributed by atoms with van der Waals surface area (Å²) in [6.45, 7) is 0.